The van der Waals surface area contributed by atoms with Crippen LogP contribution in [0.4, 0.5) is 8.78 Å². The van der Waals surface area contributed by atoms with Crippen LogP contribution in [0.25, 0.3) is 0 Å². The Morgan fingerprint density at radius 1 is 1.00 bits per heavy atom. The van der Waals surface area contributed by atoms with Crippen LogP contribution in [0.1, 0.15) is 95.0 Å². The zero-order valence-corrected chi connectivity index (χ0v) is 19.6. The van der Waals surface area contributed by atoms with Gasteiger partial charge in [0, 0.05) is 11.5 Å². The van der Waals surface area contributed by atoms with Crippen molar-refractivity contribution in [3.63, 3.8) is 0 Å². The number of hydrogen-bond donors (Lipinski definition) is 0. The molecular formula is C27H38F2O3. The maximum atomic E-state index is 15.0. The fourth-order valence-corrected chi connectivity index (χ4v) is 5.50. The van der Waals surface area contributed by atoms with Gasteiger partial charge in [0.15, 0.2) is 12.0 Å². The summed E-state index contributed by atoms with van der Waals surface area (Å²) in [6, 6.07) is 5.24. The first kappa shape index (κ1) is 23.8. The van der Waals surface area contributed by atoms with Gasteiger partial charge in [-0.2, -0.15) is 0 Å². The Bertz CT molecular complexity index is 777. The zero-order chi connectivity index (χ0) is 22.6. The summed E-state index contributed by atoms with van der Waals surface area (Å²) in [5.74, 6) is 0.513. The summed E-state index contributed by atoms with van der Waals surface area (Å²) in [7, 11) is 0. The van der Waals surface area contributed by atoms with Crippen molar-refractivity contribution in [1.82, 2.24) is 0 Å². The summed E-state index contributed by atoms with van der Waals surface area (Å²) in [5.41, 5.74) is 1.45. The van der Waals surface area contributed by atoms with Gasteiger partial charge in [-0.3, -0.25) is 0 Å². The number of benzene rings is 1. The first-order chi connectivity index (χ1) is 15.5. The lowest BCUT2D eigenvalue weighted by Crippen LogP contribution is -2.41. The Hall–Kier alpha value is -1.30. The van der Waals surface area contributed by atoms with E-state index in [0.29, 0.717) is 24.0 Å². The molecule has 0 radical (unpaired) electrons. The van der Waals surface area contributed by atoms with Gasteiger partial charge < -0.3 is 14.2 Å². The second-order valence-electron chi connectivity index (χ2n) is 9.90. The van der Waals surface area contributed by atoms with Crippen LogP contribution in [0.5, 0.6) is 0 Å². The van der Waals surface area contributed by atoms with E-state index in [1.54, 1.807) is 0 Å². The van der Waals surface area contributed by atoms with Crippen LogP contribution in [0.2, 0.25) is 0 Å². The van der Waals surface area contributed by atoms with Gasteiger partial charge in [-0.15, -0.1) is 0 Å². The van der Waals surface area contributed by atoms with Gasteiger partial charge in [0.1, 0.15) is 5.82 Å². The average molecular weight is 449 g/mol. The van der Waals surface area contributed by atoms with Gasteiger partial charge >= 0.3 is 0 Å². The Balaban J connectivity index is 1.33. The third-order valence-electron chi connectivity index (χ3n) is 7.37. The molecule has 0 aromatic heterocycles. The van der Waals surface area contributed by atoms with Gasteiger partial charge in [0.25, 0.3) is 0 Å². The molecule has 0 saturated carbocycles. The van der Waals surface area contributed by atoms with E-state index in [0.717, 1.165) is 50.7 Å². The van der Waals surface area contributed by atoms with Crippen LogP contribution in [-0.4, -0.2) is 31.6 Å². The molecule has 1 aliphatic carbocycles. The van der Waals surface area contributed by atoms with Crippen LogP contribution in [0.3, 0.4) is 0 Å². The highest BCUT2D eigenvalue weighted by Crippen LogP contribution is 2.39. The van der Waals surface area contributed by atoms with Gasteiger partial charge in [-0.25, -0.2) is 8.78 Å². The van der Waals surface area contributed by atoms with E-state index in [2.05, 4.69) is 13.0 Å². The van der Waals surface area contributed by atoms with Crippen LogP contribution in [0, 0.1) is 11.7 Å². The van der Waals surface area contributed by atoms with Crippen LogP contribution < -0.4 is 0 Å². The molecule has 3 nitrogen and oxygen atoms in total. The Morgan fingerprint density at radius 3 is 2.41 bits per heavy atom. The number of halogens is 2. The summed E-state index contributed by atoms with van der Waals surface area (Å²) in [5, 5.41) is 0. The number of alkyl halides is 1. The molecule has 2 saturated heterocycles. The molecule has 4 rings (SSSR count). The molecule has 1 aromatic rings. The minimum atomic E-state index is -1.43. The molecule has 2 aliphatic heterocycles. The molecule has 178 valence electrons. The molecule has 2 heterocycles. The summed E-state index contributed by atoms with van der Waals surface area (Å²) < 4.78 is 46.8. The summed E-state index contributed by atoms with van der Waals surface area (Å²) in [6.07, 6.45) is 10.8. The quantitative estimate of drug-likeness (QED) is 0.414. The zero-order valence-electron chi connectivity index (χ0n) is 19.6. The minimum absolute atomic E-state index is 0.00482. The number of allylic oxidation sites excluding steroid dienone is 1. The maximum Gasteiger partial charge on any atom is 0.184 e. The lowest BCUT2D eigenvalue weighted by atomic mass is 9.78. The first-order valence-electron chi connectivity index (χ1n) is 12.5. The normalized spacial score (nSPS) is 33.7. The SMILES string of the molecule is CCCC1CCC(C2=CCC(c3ccc(C4OCC(F)(CCC)CO4)cc3F)CC2)CO1. The van der Waals surface area contributed by atoms with E-state index in [9.17, 15) is 4.39 Å². The monoisotopic (exact) mass is 448 g/mol. The largest absolute Gasteiger partial charge is 0.378 e. The Kier molecular flexibility index (Phi) is 8.01. The molecule has 3 unspecified atom stereocenters. The average Bonchev–Trinajstić information content (AvgIpc) is 2.80. The molecule has 32 heavy (non-hydrogen) atoms. The molecule has 3 aliphatic rings. The molecule has 0 spiro atoms. The summed E-state index contributed by atoms with van der Waals surface area (Å²) in [6.45, 7) is 4.98. The van der Waals surface area contributed by atoms with Gasteiger partial charge in [0.05, 0.1) is 25.9 Å². The van der Waals surface area contributed by atoms with Crippen molar-refractivity contribution in [2.45, 2.75) is 95.6 Å². The second-order valence-corrected chi connectivity index (χ2v) is 9.90. The molecular weight excluding hydrogens is 410 g/mol. The standard InChI is InChI=1S/C27H38F2O3/c1-3-5-23-12-10-22(16-30-23)19-6-8-20(9-7-19)24-13-11-21(15-25(24)28)26-31-17-27(29,14-4-2)18-32-26/h6,11,13,15,20,22-23,26H,3-5,7-10,12,14,16-18H2,1-2H3. The Labute approximate surface area is 191 Å². The highest BCUT2D eigenvalue weighted by Gasteiger charge is 2.37. The molecule has 2 fully saturated rings. The van der Waals surface area contributed by atoms with E-state index >= 15 is 4.39 Å². The number of ether oxygens (including phenoxy) is 3. The van der Waals surface area contributed by atoms with Gasteiger partial charge in [-0.05, 0) is 62.5 Å². The first-order valence-corrected chi connectivity index (χ1v) is 12.5. The van der Waals surface area contributed by atoms with E-state index in [1.807, 2.05) is 19.1 Å². The van der Waals surface area contributed by atoms with Gasteiger partial charge in [0.2, 0.25) is 0 Å². The van der Waals surface area contributed by atoms with Crippen molar-refractivity contribution >= 4 is 0 Å². The highest BCUT2D eigenvalue weighted by molar-refractivity contribution is 5.30. The predicted molar refractivity (Wildman–Crippen MR) is 122 cm³/mol. The van der Waals surface area contributed by atoms with Crippen molar-refractivity contribution in [2.24, 2.45) is 5.92 Å². The van der Waals surface area contributed by atoms with Crippen LogP contribution in [0.15, 0.2) is 29.8 Å². The maximum absolute atomic E-state index is 15.0. The lowest BCUT2D eigenvalue weighted by molar-refractivity contribution is -0.239. The Morgan fingerprint density at radius 2 is 1.81 bits per heavy atom. The van der Waals surface area contributed by atoms with E-state index < -0.39 is 12.0 Å². The van der Waals surface area contributed by atoms with E-state index in [-0.39, 0.29) is 24.9 Å². The summed E-state index contributed by atoms with van der Waals surface area (Å²) >= 11 is 0. The fourth-order valence-electron chi connectivity index (χ4n) is 5.50. The molecule has 0 amide bonds. The molecule has 1 aromatic carbocycles. The molecule has 0 bridgehead atoms. The molecule has 3 atom stereocenters. The van der Waals surface area contributed by atoms with Crippen LogP contribution in [-0.2, 0) is 14.2 Å². The third-order valence-corrected chi connectivity index (χ3v) is 7.37. The highest BCUT2D eigenvalue weighted by atomic mass is 19.1. The van der Waals surface area contributed by atoms with Crippen molar-refractivity contribution in [2.75, 3.05) is 19.8 Å². The molecule has 5 heteroatoms. The van der Waals surface area contributed by atoms with Gasteiger partial charge in [-0.1, -0.05) is 50.5 Å². The summed E-state index contributed by atoms with van der Waals surface area (Å²) in [4.78, 5) is 0. The van der Waals surface area contributed by atoms with Crippen molar-refractivity contribution < 1.29 is 23.0 Å². The second kappa shape index (κ2) is 10.8. The van der Waals surface area contributed by atoms with Crippen molar-refractivity contribution in [3.05, 3.63) is 46.8 Å². The lowest BCUT2D eigenvalue weighted by Gasteiger charge is -2.34. The fraction of sp³-hybridized carbons (Fsp3) is 0.704. The minimum Gasteiger partial charge on any atom is -0.378 e. The topological polar surface area (TPSA) is 27.7 Å². The number of hydrogen-bond acceptors (Lipinski definition) is 3. The van der Waals surface area contributed by atoms with E-state index in [1.165, 1.54) is 24.5 Å². The molecule has 0 N–H and O–H groups in total. The third kappa shape index (κ3) is 5.60. The predicted octanol–water partition coefficient (Wildman–Crippen LogP) is 7.17. The van der Waals surface area contributed by atoms with E-state index in [4.69, 9.17) is 14.2 Å². The van der Waals surface area contributed by atoms with Crippen molar-refractivity contribution in [1.29, 1.82) is 0 Å². The van der Waals surface area contributed by atoms with Crippen molar-refractivity contribution in [3.8, 4) is 0 Å². The smallest absolute Gasteiger partial charge is 0.184 e. The van der Waals surface area contributed by atoms with Crippen LogP contribution >= 0.6 is 0 Å². The number of rotatable bonds is 7.